The molecule has 3 rings (SSSR count). The third-order valence-corrected chi connectivity index (χ3v) is 3.77. The molecule has 0 bridgehead atoms. The fourth-order valence-electron chi connectivity index (χ4n) is 2.43. The summed E-state index contributed by atoms with van der Waals surface area (Å²) in [7, 11) is 0. The van der Waals surface area contributed by atoms with Gasteiger partial charge in [-0.3, -0.25) is 10.1 Å². The van der Waals surface area contributed by atoms with Crippen molar-refractivity contribution < 1.29 is 19.2 Å². The first-order chi connectivity index (χ1) is 12.5. The van der Waals surface area contributed by atoms with Crippen molar-refractivity contribution in [2.24, 2.45) is 4.99 Å². The lowest BCUT2D eigenvalue weighted by atomic mass is 10.1. The lowest BCUT2D eigenvalue weighted by Gasteiger charge is -2.04. The molecule has 1 aliphatic heterocycles. The van der Waals surface area contributed by atoms with Gasteiger partial charge in [0, 0.05) is 23.8 Å². The van der Waals surface area contributed by atoms with Gasteiger partial charge in [0.05, 0.1) is 17.2 Å². The number of hydrogen-bond acceptors (Lipinski definition) is 6. The number of esters is 1. The fraction of sp³-hybridized carbons (Fsp3) is 0.158. The minimum atomic E-state index is -0.597. The number of benzene rings is 2. The number of carbonyl (C=O) groups excluding carboxylic acids is 1. The van der Waals surface area contributed by atoms with Crippen LogP contribution < -0.4 is 4.74 Å². The lowest BCUT2D eigenvalue weighted by Crippen LogP contribution is -2.06. The van der Waals surface area contributed by atoms with Gasteiger partial charge in [0.2, 0.25) is 0 Å². The average molecular weight is 352 g/mol. The van der Waals surface area contributed by atoms with Gasteiger partial charge in [-0.25, -0.2) is 9.79 Å². The molecule has 7 heteroatoms. The molecule has 2 aromatic carbocycles. The van der Waals surface area contributed by atoms with E-state index in [4.69, 9.17) is 9.47 Å². The molecule has 0 N–H and O–H groups in total. The van der Waals surface area contributed by atoms with Gasteiger partial charge in [0.15, 0.2) is 5.71 Å². The van der Waals surface area contributed by atoms with Gasteiger partial charge in [0.25, 0.3) is 5.69 Å². The molecule has 0 aromatic heterocycles. The van der Waals surface area contributed by atoms with Gasteiger partial charge in [-0.2, -0.15) is 0 Å². The average Bonchev–Trinajstić information content (AvgIpc) is 2.98. The molecule has 132 valence electrons. The Hall–Kier alpha value is -3.48. The largest absolute Gasteiger partial charge is 0.494 e. The third-order valence-electron chi connectivity index (χ3n) is 3.77. The molecule has 26 heavy (non-hydrogen) atoms. The Kier molecular flexibility index (Phi) is 4.79. The Morgan fingerprint density at radius 1 is 1.19 bits per heavy atom. The number of nitro benzene ring substituents is 1. The first-order valence-electron chi connectivity index (χ1n) is 7.98. The van der Waals surface area contributed by atoms with Crippen LogP contribution in [0, 0.1) is 17.0 Å². The monoisotopic (exact) mass is 352 g/mol. The number of nitrogens with zero attached hydrogens (tertiary/aromatic N) is 2. The van der Waals surface area contributed by atoms with E-state index < -0.39 is 10.9 Å². The molecule has 2 aromatic rings. The van der Waals surface area contributed by atoms with Crippen LogP contribution in [0.1, 0.15) is 18.1 Å². The second-order valence-corrected chi connectivity index (χ2v) is 5.58. The highest BCUT2D eigenvalue weighted by Crippen LogP contribution is 2.28. The summed E-state index contributed by atoms with van der Waals surface area (Å²) in [6, 6.07) is 11.5. The zero-order valence-electron chi connectivity index (χ0n) is 14.3. The van der Waals surface area contributed by atoms with Crippen LogP contribution in [0.3, 0.4) is 0 Å². The number of ether oxygens (including phenoxy) is 2. The number of nitro groups is 1. The van der Waals surface area contributed by atoms with Crippen LogP contribution in [0.2, 0.25) is 0 Å². The van der Waals surface area contributed by atoms with E-state index in [0.717, 1.165) is 11.3 Å². The van der Waals surface area contributed by atoms with Crippen LogP contribution in [0.25, 0.3) is 5.76 Å². The van der Waals surface area contributed by atoms with Gasteiger partial charge in [-0.05, 0) is 43.7 Å². The molecule has 0 amide bonds. The van der Waals surface area contributed by atoms with Crippen LogP contribution in [0.5, 0.6) is 5.75 Å². The summed E-state index contributed by atoms with van der Waals surface area (Å²) in [6.45, 7) is 4.23. The number of non-ortho nitro benzene ring substituents is 1. The Labute approximate surface area is 149 Å². The SMILES string of the molecule is CCOc1ccc(C2=CC(=Nc3cc([N+](=O)[O-])ccc3C)C(=O)O2)cc1. The number of rotatable bonds is 5. The summed E-state index contributed by atoms with van der Waals surface area (Å²) in [5.41, 5.74) is 1.80. The minimum Gasteiger partial charge on any atom is -0.494 e. The second-order valence-electron chi connectivity index (χ2n) is 5.58. The number of aryl methyl sites for hydroxylation is 1. The molecular formula is C19H16N2O5. The Morgan fingerprint density at radius 2 is 1.92 bits per heavy atom. The molecule has 1 heterocycles. The van der Waals surface area contributed by atoms with Gasteiger partial charge < -0.3 is 9.47 Å². The van der Waals surface area contributed by atoms with Crippen LogP contribution in [0.4, 0.5) is 11.4 Å². The molecule has 0 saturated heterocycles. The van der Waals surface area contributed by atoms with E-state index in [1.807, 2.05) is 6.92 Å². The van der Waals surface area contributed by atoms with Gasteiger partial charge >= 0.3 is 5.97 Å². The number of aliphatic imine (C=N–C) groups is 1. The second kappa shape index (κ2) is 7.18. The Bertz CT molecular complexity index is 929. The van der Waals surface area contributed by atoms with E-state index in [9.17, 15) is 14.9 Å². The summed E-state index contributed by atoms with van der Waals surface area (Å²) in [4.78, 5) is 26.8. The van der Waals surface area contributed by atoms with Crippen molar-refractivity contribution in [2.75, 3.05) is 6.61 Å². The van der Waals surface area contributed by atoms with E-state index >= 15 is 0 Å². The minimum absolute atomic E-state index is 0.0861. The van der Waals surface area contributed by atoms with E-state index in [2.05, 4.69) is 4.99 Å². The molecule has 7 nitrogen and oxygen atoms in total. The predicted octanol–water partition coefficient (Wildman–Crippen LogP) is 3.97. The van der Waals surface area contributed by atoms with Gasteiger partial charge in [0.1, 0.15) is 11.5 Å². The normalized spacial score (nSPS) is 14.9. The number of carbonyl (C=O) groups is 1. The number of cyclic esters (lactones) is 1. The van der Waals surface area contributed by atoms with Crippen molar-refractivity contribution in [3.63, 3.8) is 0 Å². The number of hydrogen-bond donors (Lipinski definition) is 0. The molecular weight excluding hydrogens is 336 g/mol. The zero-order valence-corrected chi connectivity index (χ0v) is 14.3. The highest BCUT2D eigenvalue weighted by molar-refractivity contribution is 6.46. The van der Waals surface area contributed by atoms with Crippen molar-refractivity contribution in [1.82, 2.24) is 0 Å². The molecule has 0 radical (unpaired) electrons. The summed E-state index contributed by atoms with van der Waals surface area (Å²) in [5, 5.41) is 10.9. The van der Waals surface area contributed by atoms with E-state index in [1.165, 1.54) is 18.2 Å². The Balaban J connectivity index is 1.91. The first kappa shape index (κ1) is 17.3. The summed E-state index contributed by atoms with van der Waals surface area (Å²) >= 11 is 0. The molecule has 0 fully saturated rings. The molecule has 0 unspecified atom stereocenters. The maximum absolute atomic E-state index is 12.1. The quantitative estimate of drug-likeness (QED) is 0.461. The topological polar surface area (TPSA) is 91.0 Å². The van der Waals surface area contributed by atoms with Crippen LogP contribution in [0.15, 0.2) is 53.5 Å². The van der Waals surface area contributed by atoms with Gasteiger partial charge in [-0.1, -0.05) is 6.07 Å². The standard InChI is InChI=1S/C19H16N2O5/c1-3-25-15-8-5-13(6-9-15)18-11-17(19(22)26-18)20-16-10-14(21(23)24)7-4-12(16)2/h4-11H,3H2,1-2H3. The van der Waals surface area contributed by atoms with Crippen LogP contribution in [-0.2, 0) is 9.53 Å². The molecule has 0 spiro atoms. The van der Waals surface area contributed by atoms with Crippen molar-refractivity contribution in [2.45, 2.75) is 13.8 Å². The van der Waals surface area contributed by atoms with Crippen molar-refractivity contribution in [1.29, 1.82) is 0 Å². The molecule has 1 aliphatic rings. The van der Waals surface area contributed by atoms with E-state index in [1.54, 1.807) is 37.3 Å². The third kappa shape index (κ3) is 3.61. The molecule has 0 saturated carbocycles. The maximum Gasteiger partial charge on any atom is 0.362 e. The first-order valence-corrected chi connectivity index (χ1v) is 7.98. The van der Waals surface area contributed by atoms with Crippen LogP contribution >= 0.6 is 0 Å². The maximum atomic E-state index is 12.1. The predicted molar refractivity (Wildman–Crippen MR) is 96.6 cm³/mol. The van der Waals surface area contributed by atoms with E-state index in [0.29, 0.717) is 23.6 Å². The smallest absolute Gasteiger partial charge is 0.362 e. The van der Waals surface area contributed by atoms with Crippen molar-refractivity contribution in [3.05, 3.63) is 69.8 Å². The highest BCUT2D eigenvalue weighted by atomic mass is 16.6. The van der Waals surface area contributed by atoms with Crippen molar-refractivity contribution >= 4 is 28.8 Å². The highest BCUT2D eigenvalue weighted by Gasteiger charge is 2.24. The summed E-state index contributed by atoms with van der Waals surface area (Å²) in [6.07, 6.45) is 1.52. The summed E-state index contributed by atoms with van der Waals surface area (Å²) in [5.74, 6) is 0.502. The molecule has 0 atom stereocenters. The Morgan fingerprint density at radius 3 is 2.58 bits per heavy atom. The fourth-order valence-corrected chi connectivity index (χ4v) is 2.43. The summed E-state index contributed by atoms with van der Waals surface area (Å²) < 4.78 is 10.6. The lowest BCUT2D eigenvalue weighted by molar-refractivity contribution is -0.384. The van der Waals surface area contributed by atoms with Crippen LogP contribution in [-0.4, -0.2) is 23.2 Å². The zero-order chi connectivity index (χ0) is 18.7. The van der Waals surface area contributed by atoms with E-state index in [-0.39, 0.29) is 11.4 Å². The van der Waals surface area contributed by atoms with Gasteiger partial charge in [-0.15, -0.1) is 0 Å². The van der Waals surface area contributed by atoms with Crippen molar-refractivity contribution in [3.8, 4) is 5.75 Å². The molecule has 0 aliphatic carbocycles.